The summed E-state index contributed by atoms with van der Waals surface area (Å²) in [6.07, 6.45) is 4.60. The Labute approximate surface area is 97.2 Å². The second-order valence-corrected chi connectivity index (χ2v) is 4.14. The molecular formula is C13H20N2O. The molecule has 1 rings (SSSR count). The van der Waals surface area contributed by atoms with E-state index in [-0.39, 0.29) is 0 Å². The molecule has 0 radical (unpaired) electrons. The molecule has 3 heteroatoms. The van der Waals surface area contributed by atoms with Gasteiger partial charge in [0.15, 0.2) is 0 Å². The zero-order valence-electron chi connectivity index (χ0n) is 10.4. The second-order valence-electron chi connectivity index (χ2n) is 4.14. The molecule has 1 heterocycles. The summed E-state index contributed by atoms with van der Waals surface area (Å²) in [5.74, 6) is 0.308. The molecule has 0 aliphatic carbocycles. The Bertz CT molecular complexity index is 391. The van der Waals surface area contributed by atoms with Gasteiger partial charge in [-0.05, 0) is 32.3 Å². The van der Waals surface area contributed by atoms with Crippen molar-refractivity contribution in [3.63, 3.8) is 0 Å². The summed E-state index contributed by atoms with van der Waals surface area (Å²) in [6.45, 7) is 7.66. The second kappa shape index (κ2) is 5.64. The van der Waals surface area contributed by atoms with Crippen molar-refractivity contribution in [2.45, 2.75) is 39.5 Å². The summed E-state index contributed by atoms with van der Waals surface area (Å²) in [5.41, 5.74) is 3.42. The normalized spacial score (nSPS) is 10.4. The number of Topliss-reactive ketones (excluding diaryl/α,β-unsaturated/α-hetero) is 1. The van der Waals surface area contributed by atoms with Crippen LogP contribution in [-0.2, 0) is 18.3 Å². The zero-order valence-corrected chi connectivity index (χ0v) is 10.4. The van der Waals surface area contributed by atoms with Crippen molar-refractivity contribution in [1.82, 2.24) is 9.78 Å². The summed E-state index contributed by atoms with van der Waals surface area (Å²) in [4.78, 5) is 11.5. The van der Waals surface area contributed by atoms with Crippen LogP contribution >= 0.6 is 0 Å². The summed E-state index contributed by atoms with van der Waals surface area (Å²) in [7, 11) is 1.94. The lowest BCUT2D eigenvalue weighted by atomic mass is 10.0. The minimum Gasteiger partial charge on any atom is -0.300 e. The van der Waals surface area contributed by atoms with Gasteiger partial charge >= 0.3 is 0 Å². The largest absolute Gasteiger partial charge is 0.300 e. The average Bonchev–Trinajstić information content (AvgIpc) is 2.48. The van der Waals surface area contributed by atoms with Gasteiger partial charge in [0, 0.05) is 25.6 Å². The molecule has 1 aromatic rings. The molecule has 0 aliphatic heterocycles. The van der Waals surface area contributed by atoms with Crippen LogP contribution in [0.1, 0.15) is 36.2 Å². The van der Waals surface area contributed by atoms with Crippen LogP contribution in [0.25, 0.3) is 0 Å². The van der Waals surface area contributed by atoms with Gasteiger partial charge in [0.25, 0.3) is 0 Å². The molecule has 0 unspecified atom stereocenters. The van der Waals surface area contributed by atoms with Crippen LogP contribution in [0.4, 0.5) is 0 Å². The standard InChI is InChI=1S/C13H20N2O/c1-5-6-7-12(16)8-9-13-10(2)14-15(4)11(13)3/h5H,1,6-9H2,2-4H3. The molecule has 16 heavy (non-hydrogen) atoms. The lowest BCUT2D eigenvalue weighted by Gasteiger charge is -2.01. The first-order valence-electron chi connectivity index (χ1n) is 5.68. The number of aromatic nitrogens is 2. The molecule has 88 valence electrons. The van der Waals surface area contributed by atoms with Crippen molar-refractivity contribution in [1.29, 1.82) is 0 Å². The van der Waals surface area contributed by atoms with Gasteiger partial charge in [-0.15, -0.1) is 6.58 Å². The highest BCUT2D eigenvalue weighted by Gasteiger charge is 2.10. The number of hydrogen-bond donors (Lipinski definition) is 0. The van der Waals surface area contributed by atoms with Gasteiger partial charge in [0.2, 0.25) is 0 Å². The molecule has 0 spiro atoms. The molecule has 1 aromatic heterocycles. The highest BCUT2D eigenvalue weighted by molar-refractivity contribution is 5.78. The summed E-state index contributed by atoms with van der Waals surface area (Å²) in [6, 6.07) is 0. The average molecular weight is 220 g/mol. The van der Waals surface area contributed by atoms with E-state index in [1.807, 2.05) is 25.6 Å². The van der Waals surface area contributed by atoms with E-state index in [1.165, 1.54) is 5.56 Å². The summed E-state index contributed by atoms with van der Waals surface area (Å²) in [5, 5.41) is 4.34. The van der Waals surface area contributed by atoms with Crippen LogP contribution in [0.2, 0.25) is 0 Å². The highest BCUT2D eigenvalue weighted by Crippen LogP contribution is 2.14. The van der Waals surface area contributed by atoms with Gasteiger partial charge in [-0.2, -0.15) is 5.10 Å². The van der Waals surface area contributed by atoms with Gasteiger partial charge in [-0.25, -0.2) is 0 Å². The van der Waals surface area contributed by atoms with Crippen LogP contribution in [0.15, 0.2) is 12.7 Å². The third kappa shape index (κ3) is 3.05. The molecule has 0 saturated heterocycles. The number of allylic oxidation sites excluding steroid dienone is 1. The lowest BCUT2D eigenvalue weighted by Crippen LogP contribution is -2.01. The van der Waals surface area contributed by atoms with E-state index >= 15 is 0 Å². The third-order valence-electron chi connectivity index (χ3n) is 2.94. The monoisotopic (exact) mass is 220 g/mol. The van der Waals surface area contributed by atoms with Gasteiger partial charge in [0.05, 0.1) is 5.69 Å². The third-order valence-corrected chi connectivity index (χ3v) is 2.94. The molecule has 0 atom stereocenters. The highest BCUT2D eigenvalue weighted by atomic mass is 16.1. The molecule has 0 fully saturated rings. The molecular weight excluding hydrogens is 200 g/mol. The maximum atomic E-state index is 11.5. The first-order chi connectivity index (χ1) is 7.56. The van der Waals surface area contributed by atoms with Crippen LogP contribution in [0.3, 0.4) is 0 Å². The van der Waals surface area contributed by atoms with Crippen LogP contribution in [0, 0.1) is 13.8 Å². The van der Waals surface area contributed by atoms with Gasteiger partial charge in [-0.3, -0.25) is 9.48 Å². The smallest absolute Gasteiger partial charge is 0.133 e. The van der Waals surface area contributed by atoms with Crippen molar-refractivity contribution in [2.75, 3.05) is 0 Å². The van der Waals surface area contributed by atoms with E-state index in [0.29, 0.717) is 18.6 Å². The number of carbonyl (C=O) groups excluding carboxylic acids is 1. The minimum atomic E-state index is 0.308. The Morgan fingerprint density at radius 3 is 2.62 bits per heavy atom. The van der Waals surface area contributed by atoms with Gasteiger partial charge in [0.1, 0.15) is 5.78 Å². The predicted molar refractivity (Wildman–Crippen MR) is 65.4 cm³/mol. The Hall–Kier alpha value is -1.38. The van der Waals surface area contributed by atoms with E-state index in [0.717, 1.165) is 24.2 Å². The summed E-state index contributed by atoms with van der Waals surface area (Å²) >= 11 is 0. The quantitative estimate of drug-likeness (QED) is 0.690. The maximum absolute atomic E-state index is 11.5. The zero-order chi connectivity index (χ0) is 12.1. The van der Waals surface area contributed by atoms with Crippen LogP contribution in [-0.4, -0.2) is 15.6 Å². The number of ketones is 1. The van der Waals surface area contributed by atoms with E-state index in [1.54, 1.807) is 6.08 Å². The molecule has 0 N–H and O–H groups in total. The van der Waals surface area contributed by atoms with Crippen molar-refractivity contribution in [2.24, 2.45) is 7.05 Å². The van der Waals surface area contributed by atoms with Gasteiger partial charge in [-0.1, -0.05) is 6.08 Å². The van der Waals surface area contributed by atoms with E-state index < -0.39 is 0 Å². The Morgan fingerprint density at radius 1 is 1.44 bits per heavy atom. The lowest BCUT2D eigenvalue weighted by molar-refractivity contribution is -0.118. The number of rotatable bonds is 6. The number of hydrogen-bond acceptors (Lipinski definition) is 2. The van der Waals surface area contributed by atoms with Crippen LogP contribution < -0.4 is 0 Å². The van der Waals surface area contributed by atoms with Crippen molar-refractivity contribution in [3.8, 4) is 0 Å². The van der Waals surface area contributed by atoms with Crippen molar-refractivity contribution < 1.29 is 4.79 Å². The van der Waals surface area contributed by atoms with Crippen molar-refractivity contribution in [3.05, 3.63) is 29.6 Å². The topological polar surface area (TPSA) is 34.9 Å². The molecule has 0 aromatic carbocycles. The van der Waals surface area contributed by atoms with E-state index in [2.05, 4.69) is 11.7 Å². The fraction of sp³-hybridized carbons (Fsp3) is 0.538. The number of nitrogens with zero attached hydrogens (tertiary/aromatic N) is 2. The molecule has 0 aliphatic rings. The minimum absolute atomic E-state index is 0.308. The fourth-order valence-electron chi connectivity index (χ4n) is 1.83. The number of carbonyl (C=O) groups is 1. The summed E-state index contributed by atoms with van der Waals surface area (Å²) < 4.78 is 1.87. The first kappa shape index (κ1) is 12.7. The first-order valence-corrected chi connectivity index (χ1v) is 5.68. The Kier molecular flexibility index (Phi) is 4.47. The Balaban J connectivity index is 2.54. The molecule has 0 saturated carbocycles. The Morgan fingerprint density at radius 2 is 2.12 bits per heavy atom. The van der Waals surface area contributed by atoms with Crippen molar-refractivity contribution >= 4 is 5.78 Å². The number of aryl methyl sites for hydroxylation is 2. The fourth-order valence-corrected chi connectivity index (χ4v) is 1.83. The van der Waals surface area contributed by atoms with Crippen LogP contribution in [0.5, 0.6) is 0 Å². The molecule has 0 amide bonds. The predicted octanol–water partition coefficient (Wildman–Crippen LogP) is 2.50. The van der Waals surface area contributed by atoms with E-state index in [4.69, 9.17) is 0 Å². The molecule has 3 nitrogen and oxygen atoms in total. The van der Waals surface area contributed by atoms with E-state index in [9.17, 15) is 4.79 Å². The maximum Gasteiger partial charge on any atom is 0.133 e. The van der Waals surface area contributed by atoms with Gasteiger partial charge < -0.3 is 0 Å². The SMILES string of the molecule is C=CCCC(=O)CCc1c(C)nn(C)c1C. The molecule has 0 bridgehead atoms.